The summed E-state index contributed by atoms with van der Waals surface area (Å²) in [4.78, 5) is 1.07. The largest absolute Gasteiger partial charge is 0.398 e. The van der Waals surface area contributed by atoms with Crippen LogP contribution in [0.25, 0.3) is 0 Å². The van der Waals surface area contributed by atoms with E-state index in [4.69, 9.17) is 22.1 Å². The number of methoxy groups -OCH3 is 1. The molecule has 0 fully saturated rings. The molecule has 2 N–H and O–H groups in total. The first-order valence-corrected chi connectivity index (χ1v) is 6.27. The number of ether oxygens (including phenoxy) is 1. The minimum atomic E-state index is 0.739. The van der Waals surface area contributed by atoms with Crippen LogP contribution in [0, 0.1) is 0 Å². The number of rotatable bonds is 6. The summed E-state index contributed by atoms with van der Waals surface area (Å²) in [7, 11) is 1.72. The van der Waals surface area contributed by atoms with Crippen molar-refractivity contribution >= 4 is 29.1 Å². The fraction of sp³-hybridized carbons (Fsp3) is 0.455. The van der Waals surface area contributed by atoms with E-state index in [2.05, 4.69) is 0 Å². The van der Waals surface area contributed by atoms with Crippen molar-refractivity contribution in [3.05, 3.63) is 23.2 Å². The van der Waals surface area contributed by atoms with Crippen molar-refractivity contribution < 1.29 is 4.74 Å². The monoisotopic (exact) mass is 245 g/mol. The van der Waals surface area contributed by atoms with Gasteiger partial charge < -0.3 is 10.5 Å². The Balaban J connectivity index is 2.33. The molecule has 2 nitrogen and oxygen atoms in total. The van der Waals surface area contributed by atoms with Gasteiger partial charge in [0.15, 0.2) is 0 Å². The first kappa shape index (κ1) is 12.7. The summed E-state index contributed by atoms with van der Waals surface area (Å²) < 4.78 is 4.98. The van der Waals surface area contributed by atoms with Crippen molar-refractivity contribution in [3.8, 4) is 0 Å². The Morgan fingerprint density at radius 3 is 2.93 bits per heavy atom. The van der Waals surface area contributed by atoms with E-state index in [1.165, 1.54) is 0 Å². The van der Waals surface area contributed by atoms with Crippen LogP contribution in [0.2, 0.25) is 5.02 Å². The second-order valence-electron chi connectivity index (χ2n) is 3.23. The Hall–Kier alpha value is -0.380. The maximum Gasteiger partial charge on any atom is 0.0462 e. The van der Waals surface area contributed by atoms with Crippen molar-refractivity contribution in [2.24, 2.45) is 0 Å². The second-order valence-corrected chi connectivity index (χ2v) is 4.80. The minimum absolute atomic E-state index is 0.739. The average Bonchev–Trinajstić information content (AvgIpc) is 2.23. The van der Waals surface area contributed by atoms with Crippen LogP contribution in [0.4, 0.5) is 5.69 Å². The summed E-state index contributed by atoms with van der Waals surface area (Å²) in [6.45, 7) is 0.825. The molecule has 0 atom stereocenters. The highest BCUT2D eigenvalue weighted by Crippen LogP contribution is 2.28. The van der Waals surface area contributed by atoms with Crippen LogP contribution in [0.15, 0.2) is 23.1 Å². The highest BCUT2D eigenvalue weighted by atomic mass is 35.5. The van der Waals surface area contributed by atoms with Gasteiger partial charge in [0.05, 0.1) is 0 Å². The van der Waals surface area contributed by atoms with Crippen LogP contribution in [0.1, 0.15) is 12.8 Å². The van der Waals surface area contributed by atoms with Gasteiger partial charge in [-0.05, 0) is 36.8 Å². The molecule has 84 valence electrons. The minimum Gasteiger partial charge on any atom is -0.398 e. The van der Waals surface area contributed by atoms with E-state index in [1.54, 1.807) is 18.9 Å². The van der Waals surface area contributed by atoms with Gasteiger partial charge in [0.25, 0.3) is 0 Å². The van der Waals surface area contributed by atoms with Gasteiger partial charge in [0, 0.05) is 29.3 Å². The third kappa shape index (κ3) is 4.78. The van der Waals surface area contributed by atoms with Gasteiger partial charge in [-0.15, -0.1) is 11.8 Å². The van der Waals surface area contributed by atoms with E-state index in [0.717, 1.165) is 40.8 Å². The normalized spacial score (nSPS) is 10.5. The van der Waals surface area contributed by atoms with E-state index >= 15 is 0 Å². The number of halogens is 1. The van der Waals surface area contributed by atoms with E-state index in [-0.39, 0.29) is 0 Å². The molecule has 1 aromatic carbocycles. The third-order valence-corrected chi connectivity index (χ3v) is 3.37. The number of thioether (sulfide) groups is 1. The van der Waals surface area contributed by atoms with Crippen molar-refractivity contribution in [2.45, 2.75) is 17.7 Å². The molecular weight excluding hydrogens is 230 g/mol. The number of hydrogen-bond donors (Lipinski definition) is 1. The van der Waals surface area contributed by atoms with Crippen LogP contribution in [-0.4, -0.2) is 19.5 Å². The summed E-state index contributed by atoms with van der Waals surface area (Å²) in [5.41, 5.74) is 6.63. The highest BCUT2D eigenvalue weighted by molar-refractivity contribution is 7.99. The number of nitrogens with two attached hydrogens (primary N) is 1. The van der Waals surface area contributed by atoms with Gasteiger partial charge in [-0.25, -0.2) is 0 Å². The zero-order valence-electron chi connectivity index (χ0n) is 8.83. The number of nitrogen functional groups attached to an aromatic ring is 1. The Labute approximate surface area is 100 Å². The highest BCUT2D eigenvalue weighted by Gasteiger charge is 2.00. The van der Waals surface area contributed by atoms with Crippen molar-refractivity contribution in [1.82, 2.24) is 0 Å². The molecular formula is C11H16ClNOS. The number of anilines is 1. The van der Waals surface area contributed by atoms with E-state index in [9.17, 15) is 0 Å². The average molecular weight is 246 g/mol. The lowest BCUT2D eigenvalue weighted by Crippen LogP contribution is -1.92. The van der Waals surface area contributed by atoms with Crippen LogP contribution in [0.5, 0.6) is 0 Å². The molecule has 0 aromatic heterocycles. The van der Waals surface area contributed by atoms with Gasteiger partial charge in [0.1, 0.15) is 0 Å². The molecule has 0 heterocycles. The summed E-state index contributed by atoms with van der Waals surface area (Å²) in [5, 5.41) is 0.739. The summed E-state index contributed by atoms with van der Waals surface area (Å²) in [6.07, 6.45) is 2.22. The maximum atomic E-state index is 5.89. The number of benzene rings is 1. The van der Waals surface area contributed by atoms with Crippen LogP contribution in [-0.2, 0) is 4.74 Å². The molecule has 0 bridgehead atoms. The predicted molar refractivity (Wildman–Crippen MR) is 67.7 cm³/mol. The predicted octanol–water partition coefficient (Wildman–Crippen LogP) is 3.44. The molecule has 0 unspecified atom stereocenters. The lowest BCUT2D eigenvalue weighted by atomic mass is 10.3. The molecule has 0 spiro atoms. The van der Waals surface area contributed by atoms with Gasteiger partial charge in [-0.3, -0.25) is 0 Å². The standard InChI is InChI=1S/C11H16ClNOS/c1-14-6-2-3-7-15-11-8-9(12)4-5-10(11)13/h4-5,8H,2-3,6-7,13H2,1H3. The van der Waals surface area contributed by atoms with Crippen molar-refractivity contribution in [3.63, 3.8) is 0 Å². The SMILES string of the molecule is COCCCCSc1cc(Cl)ccc1N. The Morgan fingerprint density at radius 2 is 2.20 bits per heavy atom. The van der Waals surface area contributed by atoms with Gasteiger partial charge in [-0.1, -0.05) is 11.6 Å². The molecule has 0 aliphatic heterocycles. The second kappa shape index (κ2) is 6.99. The van der Waals surface area contributed by atoms with Gasteiger partial charge in [-0.2, -0.15) is 0 Å². The third-order valence-electron chi connectivity index (χ3n) is 1.98. The maximum absolute atomic E-state index is 5.89. The summed E-state index contributed by atoms with van der Waals surface area (Å²) in [6, 6.07) is 5.57. The summed E-state index contributed by atoms with van der Waals surface area (Å²) in [5.74, 6) is 1.05. The fourth-order valence-corrected chi connectivity index (χ4v) is 2.41. The molecule has 1 aromatic rings. The Bertz CT molecular complexity index is 307. The summed E-state index contributed by atoms with van der Waals surface area (Å²) >= 11 is 7.64. The van der Waals surface area contributed by atoms with E-state index < -0.39 is 0 Å². The fourth-order valence-electron chi connectivity index (χ4n) is 1.16. The molecule has 0 radical (unpaired) electrons. The molecule has 0 amide bonds. The van der Waals surface area contributed by atoms with Gasteiger partial charge in [0.2, 0.25) is 0 Å². The Morgan fingerprint density at radius 1 is 1.40 bits per heavy atom. The molecule has 1 rings (SSSR count). The van der Waals surface area contributed by atoms with E-state index in [0.29, 0.717) is 0 Å². The van der Waals surface area contributed by atoms with Crippen molar-refractivity contribution in [1.29, 1.82) is 0 Å². The zero-order chi connectivity index (χ0) is 11.1. The topological polar surface area (TPSA) is 35.2 Å². The van der Waals surface area contributed by atoms with Crippen LogP contribution in [0.3, 0.4) is 0 Å². The van der Waals surface area contributed by atoms with Crippen molar-refractivity contribution in [2.75, 3.05) is 25.2 Å². The molecule has 0 aliphatic rings. The lowest BCUT2D eigenvalue weighted by Gasteiger charge is -2.05. The number of unbranched alkanes of at least 4 members (excludes halogenated alkanes) is 1. The van der Waals surface area contributed by atoms with E-state index in [1.807, 2.05) is 18.2 Å². The van der Waals surface area contributed by atoms with Gasteiger partial charge >= 0.3 is 0 Å². The first-order chi connectivity index (χ1) is 7.24. The molecule has 15 heavy (non-hydrogen) atoms. The smallest absolute Gasteiger partial charge is 0.0462 e. The number of hydrogen-bond acceptors (Lipinski definition) is 3. The quantitative estimate of drug-likeness (QED) is 0.474. The van der Waals surface area contributed by atoms with Crippen LogP contribution >= 0.6 is 23.4 Å². The molecule has 0 saturated heterocycles. The molecule has 0 saturated carbocycles. The molecule has 0 aliphatic carbocycles. The zero-order valence-corrected chi connectivity index (χ0v) is 10.4. The lowest BCUT2D eigenvalue weighted by molar-refractivity contribution is 0.194. The first-order valence-electron chi connectivity index (χ1n) is 4.91. The molecule has 4 heteroatoms. The Kier molecular flexibility index (Phi) is 5.91. The van der Waals surface area contributed by atoms with Crippen LogP contribution < -0.4 is 5.73 Å².